The third kappa shape index (κ3) is 2.01. The first-order valence-corrected chi connectivity index (χ1v) is 5.30. The number of ether oxygens (including phenoxy) is 1. The molecule has 0 saturated heterocycles. The topological polar surface area (TPSA) is 9.23 Å². The van der Waals surface area contributed by atoms with Gasteiger partial charge in [-0.25, -0.2) is 0 Å². The van der Waals surface area contributed by atoms with Crippen molar-refractivity contribution in [2.75, 3.05) is 7.11 Å². The Morgan fingerprint density at radius 1 is 1.31 bits per heavy atom. The fourth-order valence-electron chi connectivity index (χ4n) is 1.28. The summed E-state index contributed by atoms with van der Waals surface area (Å²) in [6, 6.07) is 4.13. The molecule has 2 radical (unpaired) electrons. The average molecular weight is 190 g/mol. The molecule has 0 fully saturated rings. The van der Waals surface area contributed by atoms with Gasteiger partial charge >= 0.3 is 0 Å². The zero-order valence-corrected chi connectivity index (χ0v) is 9.35. The van der Waals surface area contributed by atoms with Crippen molar-refractivity contribution < 1.29 is 4.74 Å². The monoisotopic (exact) mass is 190 g/mol. The Kier molecular flexibility index (Phi) is 3.31. The van der Waals surface area contributed by atoms with Crippen LogP contribution in [0.3, 0.4) is 0 Å². The minimum Gasteiger partial charge on any atom is -0.496 e. The van der Waals surface area contributed by atoms with E-state index < -0.39 is 0 Å². The number of hydrogen-bond donors (Lipinski definition) is 0. The largest absolute Gasteiger partial charge is 0.496 e. The lowest BCUT2D eigenvalue weighted by Crippen LogP contribution is -2.16. The average Bonchev–Trinajstić information content (AvgIpc) is 2.14. The van der Waals surface area contributed by atoms with Crippen molar-refractivity contribution in [1.29, 1.82) is 0 Å². The molecule has 1 rings (SSSR count). The molecule has 1 aromatic rings. The highest BCUT2D eigenvalue weighted by Gasteiger charge is 2.04. The fourth-order valence-corrected chi connectivity index (χ4v) is 2.09. The summed E-state index contributed by atoms with van der Waals surface area (Å²) < 4.78 is 5.24. The maximum absolute atomic E-state index is 5.24. The lowest BCUT2D eigenvalue weighted by molar-refractivity contribution is 0.411. The van der Waals surface area contributed by atoms with Crippen molar-refractivity contribution in [2.24, 2.45) is 0 Å². The van der Waals surface area contributed by atoms with E-state index in [-0.39, 0.29) is 0 Å². The van der Waals surface area contributed by atoms with Crippen LogP contribution in [0.4, 0.5) is 0 Å². The molecule has 0 bridgehead atoms. The smallest absolute Gasteiger partial charge is 0.122 e. The third-order valence-corrected chi connectivity index (χ3v) is 3.27. The van der Waals surface area contributed by atoms with Gasteiger partial charge in [0, 0.05) is 0 Å². The standard InChI is InChI=1S/C11H14OSi/c1-5-13-11-7-6-10(12-4)8(2)9(11)3/h5-7H,1H2,2-4H3. The molecule has 0 aromatic heterocycles. The van der Waals surface area contributed by atoms with Gasteiger partial charge in [-0.15, -0.1) is 12.3 Å². The zero-order valence-electron chi connectivity index (χ0n) is 8.35. The summed E-state index contributed by atoms with van der Waals surface area (Å²) in [6.07, 6.45) is 0. The first kappa shape index (κ1) is 10.1. The van der Waals surface area contributed by atoms with Crippen LogP contribution in [0.5, 0.6) is 5.75 Å². The van der Waals surface area contributed by atoms with Gasteiger partial charge in [-0.2, -0.15) is 0 Å². The van der Waals surface area contributed by atoms with Gasteiger partial charge in [0.05, 0.1) is 7.11 Å². The molecule has 1 aromatic carbocycles. The molecule has 0 unspecified atom stereocenters. The van der Waals surface area contributed by atoms with Crippen LogP contribution in [0, 0.1) is 13.8 Å². The van der Waals surface area contributed by atoms with Crippen molar-refractivity contribution in [2.45, 2.75) is 13.8 Å². The van der Waals surface area contributed by atoms with Crippen molar-refractivity contribution in [3.05, 3.63) is 35.5 Å². The third-order valence-electron chi connectivity index (χ3n) is 2.21. The number of hydrogen-bond acceptors (Lipinski definition) is 1. The van der Waals surface area contributed by atoms with Gasteiger partial charge in [0.15, 0.2) is 0 Å². The van der Waals surface area contributed by atoms with Crippen LogP contribution in [0.2, 0.25) is 0 Å². The summed E-state index contributed by atoms with van der Waals surface area (Å²) in [5.41, 5.74) is 4.50. The number of methoxy groups -OCH3 is 1. The first-order chi connectivity index (χ1) is 6.20. The Balaban J connectivity index is 3.14. The van der Waals surface area contributed by atoms with Gasteiger partial charge in [-0.1, -0.05) is 11.3 Å². The Bertz CT molecular complexity index is 318. The Hall–Kier alpha value is -1.02. The molecule has 0 atom stereocenters. The van der Waals surface area contributed by atoms with Crippen molar-refractivity contribution >= 4 is 14.7 Å². The van der Waals surface area contributed by atoms with E-state index >= 15 is 0 Å². The van der Waals surface area contributed by atoms with Crippen LogP contribution in [0.15, 0.2) is 24.4 Å². The summed E-state index contributed by atoms with van der Waals surface area (Å²) in [4.78, 5) is 0. The molecular formula is C11H14OSi. The van der Waals surface area contributed by atoms with E-state index in [0.717, 1.165) is 5.75 Å². The van der Waals surface area contributed by atoms with E-state index in [9.17, 15) is 0 Å². The normalized spacial score (nSPS) is 9.77. The summed E-state index contributed by atoms with van der Waals surface area (Å²) >= 11 is 0. The fraction of sp³-hybridized carbons (Fsp3) is 0.273. The first-order valence-electron chi connectivity index (χ1n) is 4.22. The Morgan fingerprint density at radius 2 is 2.00 bits per heavy atom. The summed E-state index contributed by atoms with van der Waals surface area (Å²) in [7, 11) is 2.39. The number of benzene rings is 1. The summed E-state index contributed by atoms with van der Waals surface area (Å²) in [6.45, 7) is 7.97. The predicted octanol–water partition coefficient (Wildman–Crippen LogP) is 1.79. The molecule has 2 heteroatoms. The molecule has 68 valence electrons. The number of rotatable bonds is 3. The quantitative estimate of drug-likeness (QED) is 0.660. The Morgan fingerprint density at radius 3 is 2.54 bits per heavy atom. The van der Waals surface area contributed by atoms with Crippen LogP contribution in [-0.2, 0) is 0 Å². The van der Waals surface area contributed by atoms with E-state index in [0.29, 0.717) is 9.52 Å². The van der Waals surface area contributed by atoms with Gasteiger partial charge in [0.2, 0.25) is 0 Å². The second kappa shape index (κ2) is 4.28. The SMILES string of the molecule is C=C[Si]c1ccc(OC)c(C)c1C. The van der Waals surface area contributed by atoms with Gasteiger partial charge in [-0.05, 0) is 31.0 Å². The highest BCUT2D eigenvalue weighted by molar-refractivity contribution is 6.59. The van der Waals surface area contributed by atoms with Crippen molar-refractivity contribution in [3.8, 4) is 5.75 Å². The molecule has 13 heavy (non-hydrogen) atoms. The van der Waals surface area contributed by atoms with Crippen molar-refractivity contribution in [3.63, 3.8) is 0 Å². The molecule has 0 aliphatic carbocycles. The second-order valence-corrected chi connectivity index (χ2v) is 4.15. The highest BCUT2D eigenvalue weighted by Crippen LogP contribution is 2.18. The predicted molar refractivity (Wildman–Crippen MR) is 58.1 cm³/mol. The van der Waals surface area contributed by atoms with Gasteiger partial charge < -0.3 is 4.74 Å². The van der Waals surface area contributed by atoms with Crippen LogP contribution in [0.25, 0.3) is 0 Å². The molecule has 0 spiro atoms. The van der Waals surface area contributed by atoms with E-state index in [1.807, 2.05) is 11.8 Å². The second-order valence-electron chi connectivity index (χ2n) is 2.91. The molecule has 0 saturated carbocycles. The van der Waals surface area contributed by atoms with Crippen molar-refractivity contribution in [1.82, 2.24) is 0 Å². The van der Waals surface area contributed by atoms with E-state index in [1.54, 1.807) is 7.11 Å². The molecule has 0 N–H and O–H groups in total. The van der Waals surface area contributed by atoms with Crippen LogP contribution in [-0.4, -0.2) is 16.6 Å². The van der Waals surface area contributed by atoms with Gasteiger partial charge in [0.25, 0.3) is 0 Å². The van der Waals surface area contributed by atoms with Crippen LogP contribution < -0.4 is 9.92 Å². The van der Waals surface area contributed by atoms with Crippen LogP contribution in [0.1, 0.15) is 11.1 Å². The summed E-state index contributed by atoms with van der Waals surface area (Å²) in [5.74, 6) is 0.968. The van der Waals surface area contributed by atoms with E-state index in [2.05, 4.69) is 26.5 Å². The molecule has 0 aliphatic rings. The van der Waals surface area contributed by atoms with Gasteiger partial charge in [0.1, 0.15) is 15.3 Å². The Labute approximate surface area is 82.3 Å². The van der Waals surface area contributed by atoms with E-state index in [4.69, 9.17) is 4.74 Å². The van der Waals surface area contributed by atoms with Gasteiger partial charge in [-0.3, -0.25) is 0 Å². The molecule has 1 nitrogen and oxygen atoms in total. The minimum atomic E-state index is 0.688. The zero-order chi connectivity index (χ0) is 9.84. The highest BCUT2D eigenvalue weighted by atomic mass is 28.2. The maximum atomic E-state index is 5.24. The molecule has 0 aliphatic heterocycles. The summed E-state index contributed by atoms with van der Waals surface area (Å²) in [5, 5.41) is 1.35. The van der Waals surface area contributed by atoms with E-state index in [1.165, 1.54) is 16.3 Å². The minimum absolute atomic E-state index is 0.688. The molecular weight excluding hydrogens is 176 g/mol. The molecule has 0 heterocycles. The lowest BCUT2D eigenvalue weighted by atomic mass is 10.1. The van der Waals surface area contributed by atoms with Crippen LogP contribution >= 0.6 is 0 Å². The molecule has 0 amide bonds. The maximum Gasteiger partial charge on any atom is 0.122 e. The lowest BCUT2D eigenvalue weighted by Gasteiger charge is -2.10.